The third kappa shape index (κ3) is 3.10. The van der Waals surface area contributed by atoms with Crippen molar-refractivity contribution in [3.8, 4) is 23.3 Å². The molecule has 0 bridgehead atoms. The summed E-state index contributed by atoms with van der Waals surface area (Å²) in [4.78, 5) is 0. The minimum absolute atomic E-state index is 0.184. The number of nitrogens with zero attached hydrogens (tertiary/aromatic N) is 1. The maximum absolute atomic E-state index is 9.51. The van der Waals surface area contributed by atoms with Gasteiger partial charge in [0.05, 0.1) is 18.2 Å². The normalized spacial score (nSPS) is 12.8. The van der Waals surface area contributed by atoms with E-state index in [9.17, 15) is 5.26 Å². The van der Waals surface area contributed by atoms with Crippen LogP contribution in [-0.2, 0) is 0 Å². The fourth-order valence-electron chi connectivity index (χ4n) is 2.34. The highest BCUT2D eigenvalue weighted by Gasteiger charge is 2.18. The molecule has 4 nitrogen and oxygen atoms in total. The SMILES string of the molecule is CCOc1cc2c(cc1/C=C(\C#N)c1ccccc1Cl)OCO2. The van der Waals surface area contributed by atoms with Gasteiger partial charge in [0.15, 0.2) is 11.5 Å². The van der Waals surface area contributed by atoms with E-state index >= 15 is 0 Å². The van der Waals surface area contributed by atoms with E-state index in [0.717, 1.165) is 5.56 Å². The summed E-state index contributed by atoms with van der Waals surface area (Å²) in [7, 11) is 0. The highest BCUT2D eigenvalue weighted by molar-refractivity contribution is 6.32. The highest BCUT2D eigenvalue weighted by atomic mass is 35.5. The van der Waals surface area contributed by atoms with Crippen LogP contribution >= 0.6 is 11.6 Å². The van der Waals surface area contributed by atoms with E-state index < -0.39 is 0 Å². The predicted octanol–water partition coefficient (Wildman–Crippen LogP) is 4.53. The minimum atomic E-state index is 0.184. The number of hydrogen-bond donors (Lipinski definition) is 0. The van der Waals surface area contributed by atoms with Crippen LogP contribution in [0.2, 0.25) is 5.02 Å². The summed E-state index contributed by atoms with van der Waals surface area (Å²) in [5, 5.41) is 10.0. The molecule has 23 heavy (non-hydrogen) atoms. The van der Waals surface area contributed by atoms with Gasteiger partial charge in [-0.3, -0.25) is 0 Å². The summed E-state index contributed by atoms with van der Waals surface area (Å²) in [5.41, 5.74) is 1.87. The third-order valence-electron chi connectivity index (χ3n) is 3.39. The molecule has 5 heteroatoms. The van der Waals surface area contributed by atoms with Crippen LogP contribution in [-0.4, -0.2) is 13.4 Å². The molecule has 116 valence electrons. The van der Waals surface area contributed by atoms with E-state index in [-0.39, 0.29) is 6.79 Å². The summed E-state index contributed by atoms with van der Waals surface area (Å²) in [6.45, 7) is 2.59. The van der Waals surface area contributed by atoms with Crippen LogP contribution in [0.4, 0.5) is 0 Å². The van der Waals surface area contributed by atoms with Crippen molar-refractivity contribution in [2.75, 3.05) is 13.4 Å². The smallest absolute Gasteiger partial charge is 0.231 e. The number of nitriles is 1. The first kappa shape index (κ1) is 15.3. The monoisotopic (exact) mass is 327 g/mol. The summed E-state index contributed by atoms with van der Waals surface area (Å²) >= 11 is 6.19. The van der Waals surface area contributed by atoms with Gasteiger partial charge < -0.3 is 14.2 Å². The first-order chi connectivity index (χ1) is 11.2. The Hall–Kier alpha value is -2.64. The topological polar surface area (TPSA) is 51.5 Å². The van der Waals surface area contributed by atoms with Crippen LogP contribution in [0.1, 0.15) is 18.1 Å². The average Bonchev–Trinajstić information content (AvgIpc) is 3.01. The van der Waals surface area contributed by atoms with E-state index in [1.54, 1.807) is 18.2 Å². The Morgan fingerprint density at radius 1 is 1.30 bits per heavy atom. The Balaban J connectivity index is 2.10. The van der Waals surface area contributed by atoms with Crippen molar-refractivity contribution in [1.82, 2.24) is 0 Å². The Morgan fingerprint density at radius 2 is 2.04 bits per heavy atom. The molecule has 1 aliphatic rings. The van der Waals surface area contributed by atoms with Crippen molar-refractivity contribution in [2.45, 2.75) is 6.92 Å². The molecule has 0 aliphatic carbocycles. The molecular formula is C18H14ClNO3. The number of ether oxygens (including phenoxy) is 3. The molecular weight excluding hydrogens is 314 g/mol. The maximum atomic E-state index is 9.51. The van der Waals surface area contributed by atoms with Crippen LogP contribution in [0.25, 0.3) is 11.6 Å². The minimum Gasteiger partial charge on any atom is -0.493 e. The molecule has 0 saturated heterocycles. The van der Waals surface area contributed by atoms with Crippen molar-refractivity contribution in [3.05, 3.63) is 52.5 Å². The number of hydrogen-bond acceptors (Lipinski definition) is 4. The fraction of sp³-hybridized carbons (Fsp3) is 0.167. The molecule has 0 atom stereocenters. The summed E-state index contributed by atoms with van der Waals surface area (Å²) < 4.78 is 16.4. The molecule has 0 N–H and O–H groups in total. The zero-order chi connectivity index (χ0) is 16.2. The number of rotatable bonds is 4. The lowest BCUT2D eigenvalue weighted by Gasteiger charge is -2.10. The van der Waals surface area contributed by atoms with Crippen molar-refractivity contribution >= 4 is 23.3 Å². The second-order valence-corrected chi connectivity index (χ2v) is 5.23. The van der Waals surface area contributed by atoms with Crippen molar-refractivity contribution in [3.63, 3.8) is 0 Å². The van der Waals surface area contributed by atoms with Gasteiger partial charge in [-0.2, -0.15) is 5.26 Å². The molecule has 0 saturated carbocycles. The third-order valence-corrected chi connectivity index (χ3v) is 3.72. The van der Waals surface area contributed by atoms with Crippen molar-refractivity contribution < 1.29 is 14.2 Å². The van der Waals surface area contributed by atoms with E-state index in [0.29, 0.717) is 40.0 Å². The van der Waals surface area contributed by atoms with Crippen LogP contribution in [0, 0.1) is 11.3 Å². The number of allylic oxidation sites excluding steroid dienone is 1. The second kappa shape index (κ2) is 6.64. The van der Waals surface area contributed by atoms with Gasteiger partial charge in [-0.15, -0.1) is 0 Å². The van der Waals surface area contributed by atoms with E-state index in [1.807, 2.05) is 31.2 Å². The average molecular weight is 328 g/mol. The Morgan fingerprint density at radius 3 is 2.74 bits per heavy atom. The van der Waals surface area contributed by atoms with E-state index in [1.165, 1.54) is 0 Å². The highest BCUT2D eigenvalue weighted by Crippen LogP contribution is 2.39. The first-order valence-electron chi connectivity index (χ1n) is 7.16. The molecule has 0 aromatic heterocycles. The molecule has 0 radical (unpaired) electrons. The zero-order valence-corrected chi connectivity index (χ0v) is 13.3. The lowest BCUT2D eigenvalue weighted by molar-refractivity contribution is 0.174. The standard InChI is InChI=1S/C18H14ClNO3/c1-2-21-16-9-18-17(22-11-23-18)8-12(16)7-13(10-20)14-5-3-4-6-15(14)19/h3-9H,2,11H2,1H3/b13-7+. The molecule has 3 rings (SSSR count). The number of fused-ring (bicyclic) bond motifs is 1. The van der Waals surface area contributed by atoms with E-state index in [4.69, 9.17) is 25.8 Å². The van der Waals surface area contributed by atoms with Crippen LogP contribution in [0.15, 0.2) is 36.4 Å². The van der Waals surface area contributed by atoms with Crippen molar-refractivity contribution in [2.24, 2.45) is 0 Å². The maximum Gasteiger partial charge on any atom is 0.231 e. The van der Waals surface area contributed by atoms with Gasteiger partial charge >= 0.3 is 0 Å². The number of benzene rings is 2. The predicted molar refractivity (Wildman–Crippen MR) is 88.7 cm³/mol. The lowest BCUT2D eigenvalue weighted by Crippen LogP contribution is -1.95. The van der Waals surface area contributed by atoms with Gasteiger partial charge in [0, 0.05) is 22.2 Å². The van der Waals surface area contributed by atoms with E-state index in [2.05, 4.69) is 6.07 Å². The van der Waals surface area contributed by atoms with Crippen molar-refractivity contribution in [1.29, 1.82) is 5.26 Å². The first-order valence-corrected chi connectivity index (χ1v) is 7.54. The Bertz CT molecular complexity index is 808. The molecule has 1 heterocycles. The molecule has 0 amide bonds. The number of halogens is 1. The quantitative estimate of drug-likeness (QED) is 0.611. The molecule has 0 spiro atoms. The molecule has 2 aromatic rings. The van der Waals surface area contributed by atoms with Crippen LogP contribution in [0.3, 0.4) is 0 Å². The molecule has 2 aromatic carbocycles. The van der Waals surface area contributed by atoms with Gasteiger partial charge in [0.1, 0.15) is 5.75 Å². The van der Waals surface area contributed by atoms with Gasteiger partial charge in [-0.25, -0.2) is 0 Å². The summed E-state index contributed by atoms with van der Waals surface area (Å²) in [5.74, 6) is 1.91. The Kier molecular flexibility index (Phi) is 4.40. The summed E-state index contributed by atoms with van der Waals surface area (Å²) in [6.07, 6.45) is 1.74. The zero-order valence-electron chi connectivity index (χ0n) is 12.5. The lowest BCUT2D eigenvalue weighted by atomic mass is 10.0. The van der Waals surface area contributed by atoms with Crippen LogP contribution < -0.4 is 14.2 Å². The van der Waals surface area contributed by atoms with Gasteiger partial charge in [-0.05, 0) is 25.1 Å². The molecule has 1 aliphatic heterocycles. The summed E-state index contributed by atoms with van der Waals surface area (Å²) in [6, 6.07) is 13.0. The fourth-order valence-corrected chi connectivity index (χ4v) is 2.58. The second-order valence-electron chi connectivity index (χ2n) is 4.83. The van der Waals surface area contributed by atoms with Crippen LogP contribution in [0.5, 0.6) is 17.2 Å². The Labute approximate surface area is 139 Å². The van der Waals surface area contributed by atoms with Gasteiger partial charge in [0.2, 0.25) is 6.79 Å². The molecule has 0 unspecified atom stereocenters. The largest absolute Gasteiger partial charge is 0.493 e. The van der Waals surface area contributed by atoms with Gasteiger partial charge in [-0.1, -0.05) is 29.8 Å². The molecule has 0 fully saturated rings. The van der Waals surface area contributed by atoms with Gasteiger partial charge in [0.25, 0.3) is 0 Å².